The smallest absolute Gasteiger partial charge is 0.427 e. The number of fused-ring (bicyclic) bond motifs is 3. The van der Waals surface area contributed by atoms with Crippen LogP contribution in [0.25, 0.3) is 10.8 Å². The Labute approximate surface area is 333 Å². The van der Waals surface area contributed by atoms with E-state index in [1.807, 2.05) is 13.0 Å². The molecule has 4 aliphatic rings. The first-order valence-electron chi connectivity index (χ1n) is 19.4. The number of nitrogens with zero attached hydrogens (tertiary/aromatic N) is 2. The van der Waals surface area contributed by atoms with Gasteiger partial charge in [-0.3, -0.25) is 19.1 Å². The summed E-state index contributed by atoms with van der Waals surface area (Å²) in [6.07, 6.45) is -0.340. The molecule has 0 radical (unpaired) electrons. The summed E-state index contributed by atoms with van der Waals surface area (Å²) in [7, 11) is -4.01. The number of alkyl carbamates (subject to hydrolysis) is 1. The molecule has 7 atom stereocenters. The predicted molar refractivity (Wildman–Crippen MR) is 201 cm³/mol. The number of hydrogen-bond donors (Lipinski definition) is 3. The van der Waals surface area contributed by atoms with Crippen LogP contribution in [0.5, 0.6) is 11.6 Å². The van der Waals surface area contributed by atoms with Gasteiger partial charge in [0, 0.05) is 17.7 Å². The van der Waals surface area contributed by atoms with Gasteiger partial charge in [0.25, 0.3) is 5.91 Å². The lowest BCUT2D eigenvalue weighted by Crippen LogP contribution is -2.59. The number of nitrogens with one attached hydrogen (secondary N) is 3. The molecule has 2 aliphatic carbocycles. The maximum absolute atomic E-state index is 14.7. The topological polar surface area (TPSA) is 182 Å². The minimum Gasteiger partial charge on any atom is -0.492 e. The quantitative estimate of drug-likeness (QED) is 0.228. The highest BCUT2D eigenvalue weighted by Gasteiger charge is 2.62. The molecule has 0 bridgehead atoms. The Kier molecular flexibility index (Phi) is 12.0. The fourth-order valence-corrected chi connectivity index (χ4v) is 8.99. The van der Waals surface area contributed by atoms with Crippen LogP contribution < -0.4 is 24.8 Å². The molecule has 3 fully saturated rings. The fourth-order valence-electron chi connectivity index (χ4n) is 7.63. The Morgan fingerprint density at radius 3 is 2.48 bits per heavy atom. The molecule has 58 heavy (non-hydrogen) atoms. The van der Waals surface area contributed by atoms with Gasteiger partial charge in [-0.2, -0.15) is 13.2 Å². The van der Waals surface area contributed by atoms with E-state index in [-0.39, 0.29) is 36.6 Å². The maximum atomic E-state index is 14.7. The normalized spacial score (nSPS) is 28.9. The number of amides is 4. The van der Waals surface area contributed by atoms with Crippen molar-refractivity contribution in [2.24, 2.45) is 17.8 Å². The van der Waals surface area contributed by atoms with Gasteiger partial charge >= 0.3 is 12.3 Å². The summed E-state index contributed by atoms with van der Waals surface area (Å²) in [5.74, 6) is -4.18. The Morgan fingerprint density at radius 2 is 1.81 bits per heavy atom. The van der Waals surface area contributed by atoms with Crippen molar-refractivity contribution < 1.29 is 59.4 Å². The van der Waals surface area contributed by atoms with Crippen LogP contribution in [-0.4, -0.2) is 96.0 Å². The van der Waals surface area contributed by atoms with Crippen LogP contribution >= 0.6 is 0 Å². The van der Waals surface area contributed by atoms with Gasteiger partial charge in [-0.05, 0) is 89.3 Å². The van der Waals surface area contributed by atoms with E-state index in [9.17, 15) is 45.2 Å². The van der Waals surface area contributed by atoms with Gasteiger partial charge in [0.05, 0.1) is 30.0 Å². The number of rotatable bonds is 9. The van der Waals surface area contributed by atoms with Crippen molar-refractivity contribution in [1.82, 2.24) is 25.2 Å². The van der Waals surface area contributed by atoms with E-state index in [1.165, 1.54) is 24.4 Å². The van der Waals surface area contributed by atoms with Crippen LogP contribution in [0.15, 0.2) is 36.5 Å². The highest BCUT2D eigenvalue weighted by molar-refractivity contribution is 7.91. The Balaban J connectivity index is 1.36. The summed E-state index contributed by atoms with van der Waals surface area (Å²) in [5, 5.41) is 5.08. The number of ether oxygens (including phenoxy) is 3. The van der Waals surface area contributed by atoms with Crippen LogP contribution in [0.3, 0.4) is 0 Å². The van der Waals surface area contributed by atoms with Gasteiger partial charge in [-0.25, -0.2) is 22.6 Å². The molecule has 1 aromatic heterocycles. The number of carbonyl (C=O) groups excluding carboxylic acids is 4. The molecule has 318 valence electrons. The summed E-state index contributed by atoms with van der Waals surface area (Å²) in [6, 6.07) is 1.05. The number of sulfonamides is 1. The van der Waals surface area contributed by atoms with Crippen LogP contribution in [0.1, 0.15) is 79.6 Å². The second-order valence-electron chi connectivity index (χ2n) is 16.3. The molecule has 0 spiro atoms. The Morgan fingerprint density at radius 1 is 1.09 bits per heavy atom. The van der Waals surface area contributed by atoms with Crippen molar-refractivity contribution >= 4 is 44.6 Å². The largest absolute Gasteiger partial charge is 0.492 e. The average Bonchev–Trinajstić information content (AvgIpc) is 4.06. The van der Waals surface area contributed by atoms with E-state index in [1.54, 1.807) is 19.9 Å². The lowest BCUT2D eigenvalue weighted by atomic mass is 9.88. The van der Waals surface area contributed by atoms with E-state index in [2.05, 4.69) is 20.3 Å². The molecule has 3 heterocycles. The Bertz CT molecular complexity index is 2080. The minimum absolute atomic E-state index is 0.0399. The third-order valence-electron chi connectivity index (χ3n) is 11.3. The molecule has 2 aliphatic heterocycles. The number of hydrogen-bond acceptors (Lipinski definition) is 10. The zero-order chi connectivity index (χ0) is 42.4. The first kappa shape index (κ1) is 42.9. The van der Waals surface area contributed by atoms with Crippen LogP contribution in [0.4, 0.5) is 22.4 Å². The van der Waals surface area contributed by atoms with Gasteiger partial charge in [-0.15, -0.1) is 0 Å². The highest BCUT2D eigenvalue weighted by atomic mass is 32.2. The van der Waals surface area contributed by atoms with E-state index >= 15 is 0 Å². The van der Waals surface area contributed by atoms with Gasteiger partial charge in [0.1, 0.15) is 35.3 Å². The molecule has 1 saturated heterocycles. The van der Waals surface area contributed by atoms with Crippen molar-refractivity contribution in [3.05, 3.63) is 42.4 Å². The molecule has 4 amide bonds. The van der Waals surface area contributed by atoms with Crippen LogP contribution in [0, 0.1) is 23.6 Å². The van der Waals surface area contributed by atoms with E-state index < -0.39 is 92.2 Å². The number of carbonyl (C=O) groups is 4. The molecule has 2 saturated carbocycles. The Hall–Kier alpha value is -4.68. The molecule has 14 nitrogen and oxygen atoms in total. The van der Waals surface area contributed by atoms with E-state index in [0.29, 0.717) is 63.7 Å². The standard InChI is InChI=1S/C39H49F4N5O9S/c1-6-55-30-19-44-33(28-16-24(40)11-14-27(28)30)56-25-17-29-32(49)46-38(35(51)47-58(53,54)26-12-13-26)18-23(38)10-8-7-9-21(2)15-22(3)31(34(50)48(29)20-25)45-36(52)57-37(4,5)39(41,42)43/h8,10-11,14,16,19,21-23,25-26,29,31H,6-7,9,12-13,15,17-18,20H2,1-5H3,(H,45,52)(H,46,49)(H,47,51)/b10-8-/t21-,22-,23-,25-,29+,31+,38-/m1/s1. The molecule has 3 N–H and O–H groups in total. The minimum atomic E-state index is -4.94. The van der Waals surface area contributed by atoms with Gasteiger partial charge in [0.15, 0.2) is 0 Å². The van der Waals surface area contributed by atoms with E-state index in [4.69, 9.17) is 14.2 Å². The number of allylic oxidation sites excluding steroid dienone is 1. The van der Waals surface area contributed by atoms with E-state index in [0.717, 1.165) is 4.90 Å². The molecule has 6 rings (SSSR count). The number of benzene rings is 1. The van der Waals surface area contributed by atoms with Gasteiger partial charge in [-0.1, -0.05) is 26.0 Å². The number of aromatic nitrogens is 1. The summed E-state index contributed by atoms with van der Waals surface area (Å²) < 4.78 is 100. The molecular weight excluding hydrogens is 791 g/mol. The van der Waals surface area contributed by atoms with Crippen molar-refractivity contribution in [1.29, 1.82) is 0 Å². The summed E-state index contributed by atoms with van der Waals surface area (Å²) in [5.41, 5.74) is -4.58. The second-order valence-corrected chi connectivity index (χ2v) is 18.3. The van der Waals surface area contributed by atoms with Gasteiger partial charge < -0.3 is 29.7 Å². The maximum Gasteiger partial charge on any atom is 0.427 e. The van der Waals surface area contributed by atoms with Crippen molar-refractivity contribution in [2.75, 3.05) is 13.2 Å². The van der Waals surface area contributed by atoms with Gasteiger partial charge in [0.2, 0.25) is 33.3 Å². The third kappa shape index (κ3) is 9.13. The average molecular weight is 840 g/mol. The molecule has 0 unspecified atom stereocenters. The first-order chi connectivity index (χ1) is 27.2. The zero-order valence-electron chi connectivity index (χ0n) is 32.9. The zero-order valence-corrected chi connectivity index (χ0v) is 33.7. The molecule has 19 heteroatoms. The number of alkyl halides is 3. The molecule has 2 aromatic rings. The van der Waals surface area contributed by atoms with Crippen LogP contribution in [0.2, 0.25) is 0 Å². The van der Waals surface area contributed by atoms with Crippen LogP contribution in [-0.2, 0) is 29.1 Å². The van der Waals surface area contributed by atoms with Crippen molar-refractivity contribution in [2.45, 2.75) is 120 Å². The summed E-state index contributed by atoms with van der Waals surface area (Å²) >= 11 is 0. The molecular formula is C39H49F4N5O9S. The molecule has 1 aromatic carbocycles. The lowest BCUT2D eigenvalue weighted by Gasteiger charge is -2.34. The summed E-state index contributed by atoms with van der Waals surface area (Å²) in [6.45, 7) is 6.67. The third-order valence-corrected chi connectivity index (χ3v) is 13.1. The monoisotopic (exact) mass is 839 g/mol. The SMILES string of the molecule is CCOc1cnc(O[C@@H]2C[C@H]3C(=O)N[C@]4(C(=O)NS(=O)(=O)C5CC5)C[C@H]4/C=C\CC[C@@H](C)C[C@@H](C)[C@H](NC(=O)OC(C)(C)C(F)(F)F)C(=O)N3C2)c2cc(F)ccc12. The van der Waals surface area contributed by atoms with Crippen molar-refractivity contribution in [3.63, 3.8) is 0 Å². The highest BCUT2D eigenvalue weighted by Crippen LogP contribution is 2.46. The van der Waals surface area contributed by atoms with Crippen molar-refractivity contribution in [3.8, 4) is 11.6 Å². The first-order valence-corrected chi connectivity index (χ1v) is 21.0. The predicted octanol–water partition coefficient (Wildman–Crippen LogP) is 5.05. The summed E-state index contributed by atoms with van der Waals surface area (Å²) in [4.78, 5) is 61.5. The number of halogens is 4. The second kappa shape index (κ2) is 16.2. The lowest BCUT2D eigenvalue weighted by molar-refractivity contribution is -0.244. The number of pyridine rings is 1. The fraction of sp³-hybridized carbons (Fsp3) is 0.615.